The van der Waals surface area contributed by atoms with Gasteiger partial charge in [-0.2, -0.15) is 4.57 Å². The zero-order valence-electron chi connectivity index (χ0n) is 11.2. The molecule has 0 unspecified atom stereocenters. The molecule has 0 fully saturated rings. The van der Waals surface area contributed by atoms with Crippen molar-refractivity contribution in [2.75, 3.05) is 12.3 Å². The molecule has 0 atom stereocenters. The van der Waals surface area contributed by atoms with E-state index in [0.717, 1.165) is 12.0 Å². The van der Waals surface area contributed by atoms with E-state index >= 15 is 0 Å². The van der Waals surface area contributed by atoms with Crippen LogP contribution in [-0.2, 0) is 19.4 Å². The minimum atomic E-state index is -0.0662. The molecule has 6 heteroatoms. The van der Waals surface area contributed by atoms with Crippen molar-refractivity contribution < 1.29 is 9.67 Å². The lowest BCUT2D eigenvalue weighted by atomic mass is 10.2. The fourth-order valence-corrected chi connectivity index (χ4v) is 3.12. The van der Waals surface area contributed by atoms with Crippen molar-refractivity contribution in [2.24, 2.45) is 0 Å². The molecule has 0 bridgehead atoms. The molecule has 0 aromatic carbocycles. The highest BCUT2D eigenvalue weighted by atomic mass is 32.1. The van der Waals surface area contributed by atoms with Crippen LogP contribution in [0.2, 0.25) is 0 Å². The Labute approximate surface area is 116 Å². The molecular weight excluding hydrogens is 260 g/mol. The average Bonchev–Trinajstić information content (AvgIpc) is 2.75. The first-order chi connectivity index (χ1) is 9.15. The Morgan fingerprint density at radius 3 is 2.89 bits per heavy atom. The molecule has 0 saturated heterocycles. The van der Waals surface area contributed by atoms with Gasteiger partial charge in [-0.1, -0.05) is 18.3 Å². The van der Waals surface area contributed by atoms with Crippen molar-refractivity contribution in [1.82, 2.24) is 9.97 Å². The van der Waals surface area contributed by atoms with Crippen LogP contribution in [0.4, 0.5) is 5.82 Å². The van der Waals surface area contributed by atoms with Gasteiger partial charge in [-0.25, -0.2) is 9.97 Å². The van der Waals surface area contributed by atoms with Crippen LogP contribution in [0.3, 0.4) is 0 Å². The van der Waals surface area contributed by atoms with Crippen molar-refractivity contribution in [3.05, 3.63) is 33.7 Å². The molecule has 102 valence electrons. The number of aromatic nitrogens is 3. The number of nitrogens with zero attached hydrogens (tertiary/aromatic N) is 3. The van der Waals surface area contributed by atoms with E-state index in [-0.39, 0.29) is 6.61 Å². The van der Waals surface area contributed by atoms with Gasteiger partial charge >= 0.3 is 0 Å². The van der Waals surface area contributed by atoms with Crippen LogP contribution in [-0.4, -0.2) is 16.6 Å². The van der Waals surface area contributed by atoms with Crippen LogP contribution in [0.1, 0.15) is 28.9 Å². The second-order valence-corrected chi connectivity index (χ2v) is 5.30. The fraction of sp³-hybridized carbons (Fsp3) is 0.462. The molecular formula is C13H18N4OS. The lowest BCUT2D eigenvalue weighted by Gasteiger charge is -2.04. The number of rotatable bonds is 5. The maximum Gasteiger partial charge on any atom is 0.225 e. The molecule has 5 nitrogen and oxygen atoms in total. The van der Waals surface area contributed by atoms with Gasteiger partial charge in [-0.05, 0) is 13.3 Å². The molecule has 2 aromatic heterocycles. The number of nitrogens with two attached hydrogens (primary N) is 1. The molecule has 2 N–H and O–H groups in total. The summed E-state index contributed by atoms with van der Waals surface area (Å²) in [6.07, 6.45) is 3.28. The highest BCUT2D eigenvalue weighted by molar-refractivity contribution is 7.09. The zero-order valence-corrected chi connectivity index (χ0v) is 12.0. The van der Waals surface area contributed by atoms with E-state index in [0.29, 0.717) is 24.6 Å². The summed E-state index contributed by atoms with van der Waals surface area (Å²) in [6.45, 7) is 4.51. The van der Waals surface area contributed by atoms with E-state index in [1.165, 1.54) is 10.6 Å². The first-order valence-electron chi connectivity index (χ1n) is 6.30. The van der Waals surface area contributed by atoms with Gasteiger partial charge < -0.3 is 10.8 Å². The number of thiazole rings is 1. The summed E-state index contributed by atoms with van der Waals surface area (Å²) in [7, 11) is 0. The van der Waals surface area contributed by atoms with Gasteiger partial charge in [-0.3, -0.25) is 0 Å². The highest BCUT2D eigenvalue weighted by Gasteiger charge is 2.18. The third kappa shape index (κ3) is 3.08. The molecule has 0 spiro atoms. The van der Waals surface area contributed by atoms with Gasteiger partial charge in [0, 0.05) is 12.6 Å². The molecule has 0 radical (unpaired) electrons. The molecule has 0 aliphatic heterocycles. The van der Waals surface area contributed by atoms with Crippen molar-refractivity contribution in [1.29, 1.82) is 0 Å². The zero-order chi connectivity index (χ0) is 13.8. The lowest BCUT2D eigenvalue weighted by Crippen LogP contribution is -2.37. The van der Waals surface area contributed by atoms with Gasteiger partial charge in [-0.15, -0.1) is 6.61 Å². The predicted octanol–water partition coefficient (Wildman–Crippen LogP) is 0.230. The first-order valence-corrected chi connectivity index (χ1v) is 7.18. The molecule has 0 amide bonds. The molecule has 2 heterocycles. The second-order valence-electron chi connectivity index (χ2n) is 4.36. The number of hydrogen-bond donors (Lipinski definition) is 1. The minimum Gasteiger partial charge on any atom is -0.854 e. The summed E-state index contributed by atoms with van der Waals surface area (Å²) in [4.78, 5) is 9.53. The van der Waals surface area contributed by atoms with E-state index < -0.39 is 0 Å². The Kier molecular flexibility index (Phi) is 4.44. The van der Waals surface area contributed by atoms with Crippen molar-refractivity contribution in [3.8, 4) is 0 Å². The number of nitrogen functional groups attached to an aromatic ring is 1. The summed E-state index contributed by atoms with van der Waals surface area (Å²) in [6, 6.07) is 0. The van der Waals surface area contributed by atoms with Crippen molar-refractivity contribution in [2.45, 2.75) is 33.2 Å². The Hall–Kier alpha value is -1.53. The van der Waals surface area contributed by atoms with Crippen LogP contribution < -0.4 is 15.4 Å². The summed E-state index contributed by atoms with van der Waals surface area (Å²) < 4.78 is 2.14. The normalized spacial score (nSPS) is 10.9. The minimum absolute atomic E-state index is 0.0662. The van der Waals surface area contributed by atoms with E-state index in [1.807, 2.05) is 12.4 Å². The maximum atomic E-state index is 10.8. The van der Waals surface area contributed by atoms with Crippen molar-refractivity contribution in [3.63, 3.8) is 0 Å². The van der Waals surface area contributed by atoms with Crippen LogP contribution in [0.5, 0.6) is 0 Å². The smallest absolute Gasteiger partial charge is 0.225 e. The van der Waals surface area contributed by atoms with Crippen LogP contribution in [0.25, 0.3) is 0 Å². The highest BCUT2D eigenvalue weighted by Crippen LogP contribution is 2.15. The molecule has 0 aliphatic rings. The molecule has 0 saturated carbocycles. The summed E-state index contributed by atoms with van der Waals surface area (Å²) in [5.74, 6) is 1.21. The van der Waals surface area contributed by atoms with Gasteiger partial charge in [0.25, 0.3) is 0 Å². The average molecular weight is 278 g/mol. The summed E-state index contributed by atoms with van der Waals surface area (Å²) >= 11 is 1.63. The Balaban J connectivity index is 2.27. The van der Waals surface area contributed by atoms with Crippen LogP contribution in [0.15, 0.2) is 11.7 Å². The number of aryl methyl sites for hydroxylation is 1. The molecule has 19 heavy (non-hydrogen) atoms. The standard InChI is InChI=1S/C13H18N4OS/c1-3-11-12(4-5-18)19-8-17(11)7-10-6-15-9(2)16-13(10)14/h6,8H,3-5,7H2,1-2H3,(H2,14,15,16). The Morgan fingerprint density at radius 2 is 2.26 bits per heavy atom. The van der Waals surface area contributed by atoms with E-state index in [4.69, 9.17) is 5.73 Å². The third-order valence-electron chi connectivity index (χ3n) is 3.01. The third-order valence-corrected chi connectivity index (χ3v) is 4.10. The molecule has 2 rings (SSSR count). The Bertz CT molecular complexity index is 568. The summed E-state index contributed by atoms with van der Waals surface area (Å²) in [5, 5.41) is 10.8. The SMILES string of the molecule is CCc1c(CC[O-])sc[n+]1Cc1cnc(C)nc1N. The first kappa shape index (κ1) is 13.9. The van der Waals surface area contributed by atoms with Gasteiger partial charge in [0.1, 0.15) is 11.6 Å². The number of hydrogen-bond acceptors (Lipinski definition) is 5. The van der Waals surface area contributed by atoms with Crippen molar-refractivity contribution >= 4 is 17.2 Å². The van der Waals surface area contributed by atoms with Crippen LogP contribution >= 0.6 is 11.3 Å². The summed E-state index contributed by atoms with van der Waals surface area (Å²) in [5.41, 5.74) is 10.1. The van der Waals surface area contributed by atoms with Gasteiger partial charge in [0.05, 0.1) is 10.4 Å². The van der Waals surface area contributed by atoms with E-state index in [1.54, 1.807) is 17.5 Å². The second kappa shape index (κ2) is 6.08. The molecule has 2 aromatic rings. The van der Waals surface area contributed by atoms with E-state index in [2.05, 4.69) is 21.5 Å². The van der Waals surface area contributed by atoms with E-state index in [9.17, 15) is 5.11 Å². The van der Waals surface area contributed by atoms with Gasteiger partial charge in [0.15, 0.2) is 12.2 Å². The largest absolute Gasteiger partial charge is 0.854 e. The quantitative estimate of drug-likeness (QED) is 0.794. The maximum absolute atomic E-state index is 10.8. The van der Waals surface area contributed by atoms with Crippen LogP contribution in [0, 0.1) is 6.92 Å². The van der Waals surface area contributed by atoms with Gasteiger partial charge in [0.2, 0.25) is 5.51 Å². The lowest BCUT2D eigenvalue weighted by molar-refractivity contribution is -0.691. The predicted molar refractivity (Wildman–Crippen MR) is 72.7 cm³/mol. The fourth-order valence-electron chi connectivity index (χ4n) is 2.07. The molecule has 0 aliphatic carbocycles. The monoisotopic (exact) mass is 278 g/mol. The topological polar surface area (TPSA) is 78.7 Å². The number of anilines is 1. The Morgan fingerprint density at radius 1 is 1.47 bits per heavy atom.